The molecule has 4 nitrogen and oxygen atoms in total. The first-order chi connectivity index (χ1) is 11.1. The van der Waals surface area contributed by atoms with E-state index in [2.05, 4.69) is 10.3 Å². The second-order valence-corrected chi connectivity index (χ2v) is 6.96. The molecule has 1 aliphatic carbocycles. The van der Waals surface area contributed by atoms with E-state index in [4.69, 9.17) is 5.73 Å². The Balaban J connectivity index is 0.00000156. The van der Waals surface area contributed by atoms with E-state index in [1.165, 1.54) is 23.5 Å². The van der Waals surface area contributed by atoms with Crippen LogP contribution in [0.3, 0.4) is 0 Å². The highest BCUT2D eigenvalue weighted by Crippen LogP contribution is 2.19. The Morgan fingerprint density at radius 2 is 1.84 bits per heavy atom. The lowest BCUT2D eigenvalue weighted by Crippen LogP contribution is -2.40. The van der Waals surface area contributed by atoms with E-state index in [-0.39, 0.29) is 48.6 Å². The summed E-state index contributed by atoms with van der Waals surface area (Å²) in [5, 5.41) is 5.68. The number of carbonyl (C=O) groups is 1. The zero-order valence-electron chi connectivity index (χ0n) is 13.6. The van der Waals surface area contributed by atoms with Gasteiger partial charge in [-0.3, -0.25) is 4.79 Å². The molecular weight excluding hydrogens is 384 g/mol. The average Bonchev–Trinajstić information content (AvgIpc) is 3.00. The molecule has 3 rings (SSSR count). The minimum absolute atomic E-state index is 0. The second-order valence-electron chi connectivity index (χ2n) is 6.01. The molecule has 1 fully saturated rings. The molecule has 8 heteroatoms. The number of hydrogen-bond acceptors (Lipinski definition) is 4. The maximum atomic E-state index is 12.9. The van der Waals surface area contributed by atoms with Crippen molar-refractivity contribution in [2.45, 2.75) is 44.2 Å². The molecule has 138 valence electrons. The van der Waals surface area contributed by atoms with E-state index in [9.17, 15) is 9.18 Å². The first-order valence-corrected chi connectivity index (χ1v) is 8.73. The fourth-order valence-electron chi connectivity index (χ4n) is 2.80. The van der Waals surface area contributed by atoms with Crippen molar-refractivity contribution in [2.24, 2.45) is 5.73 Å². The molecule has 2 aromatic rings. The fourth-order valence-corrected chi connectivity index (χ4v) is 3.60. The Hall–Kier alpha value is -1.21. The Kier molecular flexibility index (Phi) is 8.79. The van der Waals surface area contributed by atoms with Gasteiger partial charge in [-0.05, 0) is 43.4 Å². The summed E-state index contributed by atoms with van der Waals surface area (Å²) in [5.74, 6) is -0.368. The number of halogens is 3. The fraction of sp³-hybridized carbons (Fsp3) is 0.412. The van der Waals surface area contributed by atoms with E-state index < -0.39 is 0 Å². The second kappa shape index (κ2) is 10.1. The van der Waals surface area contributed by atoms with Gasteiger partial charge in [-0.2, -0.15) is 0 Å². The van der Waals surface area contributed by atoms with Crippen molar-refractivity contribution in [1.82, 2.24) is 10.3 Å². The third kappa shape index (κ3) is 6.22. The van der Waals surface area contributed by atoms with Crippen LogP contribution in [0.2, 0.25) is 0 Å². The zero-order chi connectivity index (χ0) is 16.2. The summed E-state index contributed by atoms with van der Waals surface area (Å²) in [7, 11) is 0. The maximum absolute atomic E-state index is 12.9. The first-order valence-electron chi connectivity index (χ1n) is 7.85. The number of benzene rings is 1. The molecule has 1 aromatic carbocycles. The quantitative estimate of drug-likeness (QED) is 0.814. The molecule has 25 heavy (non-hydrogen) atoms. The van der Waals surface area contributed by atoms with Gasteiger partial charge >= 0.3 is 0 Å². The highest BCUT2D eigenvalue weighted by molar-refractivity contribution is 7.09. The average molecular weight is 406 g/mol. The monoisotopic (exact) mass is 405 g/mol. The highest BCUT2D eigenvalue weighted by Gasteiger charge is 2.21. The van der Waals surface area contributed by atoms with Crippen LogP contribution in [0.4, 0.5) is 4.39 Å². The molecular formula is C17H22Cl2FN3OS. The SMILES string of the molecule is Cl.Cl.NC1CCC(NC(=O)c2csc(Cc3ccc(F)cc3)n2)CC1. The Labute approximate surface area is 163 Å². The number of carbonyl (C=O) groups excluding carboxylic acids is 1. The Bertz CT molecular complexity index is 673. The molecule has 0 radical (unpaired) electrons. The lowest BCUT2D eigenvalue weighted by atomic mass is 9.92. The van der Waals surface area contributed by atoms with Crippen molar-refractivity contribution < 1.29 is 9.18 Å². The molecule has 0 spiro atoms. The molecule has 0 atom stereocenters. The molecule has 1 heterocycles. The van der Waals surface area contributed by atoms with Gasteiger partial charge in [0.15, 0.2) is 0 Å². The number of aromatic nitrogens is 1. The van der Waals surface area contributed by atoms with Gasteiger partial charge in [-0.1, -0.05) is 12.1 Å². The van der Waals surface area contributed by atoms with E-state index in [1.54, 1.807) is 17.5 Å². The molecule has 0 aliphatic heterocycles. The van der Waals surface area contributed by atoms with Crippen LogP contribution in [-0.2, 0) is 6.42 Å². The van der Waals surface area contributed by atoms with Gasteiger partial charge in [0.25, 0.3) is 5.91 Å². The van der Waals surface area contributed by atoms with Gasteiger partial charge in [0, 0.05) is 23.9 Å². The minimum atomic E-state index is -0.250. The number of rotatable bonds is 4. The molecule has 1 aliphatic rings. The summed E-state index contributed by atoms with van der Waals surface area (Å²) in [6.07, 6.45) is 4.38. The van der Waals surface area contributed by atoms with Gasteiger partial charge in [0.05, 0.1) is 5.01 Å². The largest absolute Gasteiger partial charge is 0.348 e. The number of hydrogen-bond donors (Lipinski definition) is 2. The summed E-state index contributed by atoms with van der Waals surface area (Å²) in [4.78, 5) is 16.7. The molecule has 0 unspecified atom stereocenters. The van der Waals surface area contributed by atoms with Crippen molar-refractivity contribution >= 4 is 42.1 Å². The number of nitrogens with one attached hydrogen (secondary N) is 1. The molecule has 1 saturated carbocycles. The van der Waals surface area contributed by atoms with Crippen LogP contribution >= 0.6 is 36.2 Å². The summed E-state index contributed by atoms with van der Waals surface area (Å²) < 4.78 is 12.9. The van der Waals surface area contributed by atoms with Crippen molar-refractivity contribution in [3.05, 3.63) is 51.7 Å². The van der Waals surface area contributed by atoms with Crippen molar-refractivity contribution in [1.29, 1.82) is 0 Å². The van der Waals surface area contributed by atoms with E-state index >= 15 is 0 Å². The van der Waals surface area contributed by atoms with Crippen LogP contribution in [-0.4, -0.2) is 23.0 Å². The third-order valence-corrected chi connectivity index (χ3v) is 5.01. The van der Waals surface area contributed by atoms with Crippen molar-refractivity contribution in [3.63, 3.8) is 0 Å². The van der Waals surface area contributed by atoms with E-state index in [0.29, 0.717) is 12.1 Å². The van der Waals surface area contributed by atoms with Crippen LogP contribution in [0, 0.1) is 5.82 Å². The van der Waals surface area contributed by atoms with Crippen LogP contribution < -0.4 is 11.1 Å². The van der Waals surface area contributed by atoms with Crippen LogP contribution in [0.15, 0.2) is 29.6 Å². The number of thiazole rings is 1. The smallest absolute Gasteiger partial charge is 0.270 e. The third-order valence-electron chi connectivity index (χ3n) is 4.16. The maximum Gasteiger partial charge on any atom is 0.270 e. The molecule has 3 N–H and O–H groups in total. The van der Waals surface area contributed by atoms with Crippen LogP contribution in [0.25, 0.3) is 0 Å². The van der Waals surface area contributed by atoms with Crippen molar-refractivity contribution in [3.8, 4) is 0 Å². The lowest BCUT2D eigenvalue weighted by Gasteiger charge is -2.26. The number of nitrogens with two attached hydrogens (primary N) is 1. The molecule has 0 bridgehead atoms. The summed E-state index contributed by atoms with van der Waals surface area (Å²) in [6, 6.07) is 6.81. The van der Waals surface area contributed by atoms with Gasteiger partial charge in [0.1, 0.15) is 11.5 Å². The van der Waals surface area contributed by atoms with E-state index in [1.807, 2.05) is 0 Å². The molecule has 0 saturated heterocycles. The normalized spacial score (nSPS) is 19.4. The summed E-state index contributed by atoms with van der Waals surface area (Å²) >= 11 is 1.45. The predicted octanol–water partition coefficient (Wildman–Crippen LogP) is 3.72. The predicted molar refractivity (Wildman–Crippen MR) is 104 cm³/mol. The van der Waals surface area contributed by atoms with Crippen molar-refractivity contribution in [2.75, 3.05) is 0 Å². The van der Waals surface area contributed by atoms with Gasteiger partial charge < -0.3 is 11.1 Å². The zero-order valence-corrected chi connectivity index (χ0v) is 16.1. The number of amides is 1. The van der Waals surface area contributed by atoms with Gasteiger partial charge in [0.2, 0.25) is 0 Å². The summed E-state index contributed by atoms with van der Waals surface area (Å²) in [6.45, 7) is 0. The summed E-state index contributed by atoms with van der Waals surface area (Å²) in [5.41, 5.74) is 7.32. The van der Waals surface area contributed by atoms with Gasteiger partial charge in [-0.15, -0.1) is 36.2 Å². The lowest BCUT2D eigenvalue weighted by molar-refractivity contribution is 0.0921. The standard InChI is InChI=1S/C17H20FN3OS.2ClH/c18-12-3-1-11(2-4-12)9-16-21-15(10-23-16)17(22)20-14-7-5-13(19)6-8-14;;/h1-4,10,13-14H,5-9,19H2,(H,20,22);2*1H. The van der Waals surface area contributed by atoms with Gasteiger partial charge in [-0.25, -0.2) is 9.37 Å². The topological polar surface area (TPSA) is 68.0 Å². The Morgan fingerprint density at radius 1 is 1.20 bits per heavy atom. The molecule has 1 amide bonds. The highest BCUT2D eigenvalue weighted by atomic mass is 35.5. The van der Waals surface area contributed by atoms with Crippen LogP contribution in [0.5, 0.6) is 0 Å². The first kappa shape index (κ1) is 21.8. The van der Waals surface area contributed by atoms with Crippen LogP contribution in [0.1, 0.15) is 46.7 Å². The Morgan fingerprint density at radius 3 is 2.48 bits per heavy atom. The van der Waals surface area contributed by atoms with E-state index in [0.717, 1.165) is 36.3 Å². The number of nitrogens with zero attached hydrogens (tertiary/aromatic N) is 1. The molecule has 1 aromatic heterocycles. The minimum Gasteiger partial charge on any atom is -0.348 e.